The maximum absolute atomic E-state index is 13.1. The average molecular weight is 426 g/mol. The first-order valence-corrected chi connectivity index (χ1v) is 11.4. The quantitative estimate of drug-likeness (QED) is 0.740. The third-order valence-corrected chi connectivity index (χ3v) is 8.75. The molecule has 3 rings (SSSR count). The van der Waals surface area contributed by atoms with Crippen LogP contribution in [0.4, 0.5) is 0 Å². The smallest absolute Gasteiger partial charge is 0.323 e. The molecule has 0 aliphatic carbocycles. The summed E-state index contributed by atoms with van der Waals surface area (Å²) in [6.07, 6.45) is 0.773. The van der Waals surface area contributed by atoms with Crippen molar-refractivity contribution in [2.24, 2.45) is 0 Å². The van der Waals surface area contributed by atoms with Crippen molar-refractivity contribution < 1.29 is 23.1 Å². The van der Waals surface area contributed by atoms with Crippen molar-refractivity contribution in [2.75, 3.05) is 12.3 Å². The molecule has 0 spiro atoms. The fraction of sp³-hybridized carbons (Fsp3) is 0.333. The van der Waals surface area contributed by atoms with E-state index in [1.54, 1.807) is 32.0 Å². The van der Waals surface area contributed by atoms with Crippen molar-refractivity contribution >= 4 is 45.4 Å². The van der Waals surface area contributed by atoms with Gasteiger partial charge in [0.2, 0.25) is 10.0 Å². The van der Waals surface area contributed by atoms with Crippen LogP contribution >= 0.6 is 23.1 Å². The summed E-state index contributed by atoms with van der Waals surface area (Å²) in [6.45, 7) is 3.66. The van der Waals surface area contributed by atoms with E-state index in [1.165, 1.54) is 35.2 Å². The van der Waals surface area contributed by atoms with Gasteiger partial charge in [0.25, 0.3) is 0 Å². The van der Waals surface area contributed by atoms with Gasteiger partial charge >= 0.3 is 5.97 Å². The number of carbonyl (C=O) groups excluding carboxylic acids is 1. The second kappa shape index (κ2) is 7.38. The number of thiophene rings is 1. The summed E-state index contributed by atoms with van der Waals surface area (Å²) in [5.41, 5.74) is 0.802. The number of hydrogen-bond donors (Lipinski definition) is 1. The normalized spacial score (nSPS) is 20.3. The first-order valence-electron chi connectivity index (χ1n) is 8.21. The SMILES string of the molecule is CC1(C)SCCN(S(=O)(=O)c2ccc(-c3ccc(C=O)s3)cc2)C1C(=O)O. The molecule has 1 N–H and O–H groups in total. The summed E-state index contributed by atoms with van der Waals surface area (Å²) in [4.78, 5) is 24.1. The molecule has 1 atom stereocenters. The van der Waals surface area contributed by atoms with E-state index in [4.69, 9.17) is 0 Å². The Bertz CT molecular complexity index is 963. The van der Waals surface area contributed by atoms with E-state index in [0.717, 1.165) is 21.0 Å². The fourth-order valence-corrected chi connectivity index (χ4v) is 7.05. The fourth-order valence-electron chi connectivity index (χ4n) is 3.13. The Balaban J connectivity index is 1.94. The van der Waals surface area contributed by atoms with E-state index in [2.05, 4.69) is 0 Å². The van der Waals surface area contributed by atoms with Gasteiger partial charge in [-0.3, -0.25) is 9.59 Å². The molecule has 1 aliphatic rings. The van der Waals surface area contributed by atoms with Crippen molar-refractivity contribution in [2.45, 2.75) is 29.5 Å². The van der Waals surface area contributed by atoms with Gasteiger partial charge in [0, 0.05) is 21.9 Å². The number of nitrogens with zero attached hydrogens (tertiary/aromatic N) is 1. The summed E-state index contributed by atoms with van der Waals surface area (Å²) >= 11 is 2.79. The first-order chi connectivity index (χ1) is 12.7. The second-order valence-corrected chi connectivity index (χ2v) is 11.4. The number of aliphatic carboxylic acids is 1. The van der Waals surface area contributed by atoms with Gasteiger partial charge in [-0.05, 0) is 43.7 Å². The maximum Gasteiger partial charge on any atom is 0.323 e. The molecule has 2 heterocycles. The topological polar surface area (TPSA) is 91.8 Å². The van der Waals surface area contributed by atoms with Gasteiger partial charge in [-0.15, -0.1) is 11.3 Å². The molecule has 9 heteroatoms. The zero-order chi connectivity index (χ0) is 19.8. The molecule has 1 aromatic heterocycles. The largest absolute Gasteiger partial charge is 0.480 e. The van der Waals surface area contributed by atoms with Gasteiger partial charge in [0.1, 0.15) is 6.04 Å². The number of sulfonamides is 1. The Morgan fingerprint density at radius 1 is 1.22 bits per heavy atom. The minimum absolute atomic E-state index is 0.0624. The van der Waals surface area contributed by atoms with Crippen LogP contribution in [0.15, 0.2) is 41.3 Å². The molecule has 2 aromatic rings. The number of hydrogen-bond acceptors (Lipinski definition) is 6. The van der Waals surface area contributed by atoms with Crippen LogP contribution in [0.5, 0.6) is 0 Å². The third kappa shape index (κ3) is 3.82. The Hall–Kier alpha value is -1.68. The molecule has 0 amide bonds. The molecule has 144 valence electrons. The number of carboxylic acid groups (broad SMARTS) is 1. The predicted molar refractivity (Wildman–Crippen MR) is 107 cm³/mol. The molecule has 1 aliphatic heterocycles. The summed E-state index contributed by atoms with van der Waals surface area (Å²) in [6, 6.07) is 8.70. The van der Waals surface area contributed by atoms with Crippen LogP contribution < -0.4 is 0 Å². The molecule has 0 saturated carbocycles. The lowest BCUT2D eigenvalue weighted by Gasteiger charge is -2.42. The van der Waals surface area contributed by atoms with Crippen LogP contribution in [0, 0.1) is 0 Å². The van der Waals surface area contributed by atoms with Gasteiger partial charge in [-0.2, -0.15) is 16.1 Å². The lowest BCUT2D eigenvalue weighted by Crippen LogP contribution is -2.58. The predicted octanol–water partition coefficient (Wildman–Crippen LogP) is 3.20. The first kappa shape index (κ1) is 20.1. The maximum atomic E-state index is 13.1. The van der Waals surface area contributed by atoms with Gasteiger partial charge in [0.15, 0.2) is 6.29 Å². The lowest BCUT2D eigenvalue weighted by atomic mass is 10.0. The third-order valence-electron chi connectivity index (χ3n) is 4.45. The van der Waals surface area contributed by atoms with Crippen LogP contribution in [0.1, 0.15) is 23.5 Å². The summed E-state index contributed by atoms with van der Waals surface area (Å²) in [5, 5.41) is 9.63. The molecule has 0 radical (unpaired) electrons. The van der Waals surface area contributed by atoms with Crippen molar-refractivity contribution in [3.8, 4) is 10.4 Å². The second-order valence-electron chi connectivity index (χ2n) is 6.65. The van der Waals surface area contributed by atoms with E-state index in [-0.39, 0.29) is 11.4 Å². The summed E-state index contributed by atoms with van der Waals surface area (Å²) in [7, 11) is -3.94. The minimum Gasteiger partial charge on any atom is -0.480 e. The van der Waals surface area contributed by atoms with E-state index in [0.29, 0.717) is 10.6 Å². The highest BCUT2D eigenvalue weighted by Crippen LogP contribution is 2.38. The lowest BCUT2D eigenvalue weighted by molar-refractivity contribution is -0.142. The standard InChI is InChI=1S/C18H19NO5S3/c1-18(2)16(17(21)22)19(9-10-25-18)27(23,24)14-6-3-12(4-7-14)15-8-5-13(11-20)26-15/h3-8,11,16H,9-10H2,1-2H3,(H,21,22). The Morgan fingerprint density at radius 3 is 2.44 bits per heavy atom. The van der Waals surface area contributed by atoms with Crippen molar-refractivity contribution in [3.05, 3.63) is 41.3 Å². The van der Waals surface area contributed by atoms with Crippen LogP contribution in [-0.4, -0.2) is 53.2 Å². The minimum atomic E-state index is -3.94. The van der Waals surface area contributed by atoms with Crippen LogP contribution in [-0.2, 0) is 14.8 Å². The van der Waals surface area contributed by atoms with Crippen molar-refractivity contribution in [1.82, 2.24) is 4.31 Å². The monoisotopic (exact) mass is 425 g/mol. The summed E-state index contributed by atoms with van der Waals surface area (Å²) in [5.74, 6) is -0.607. The van der Waals surface area contributed by atoms with Crippen molar-refractivity contribution in [3.63, 3.8) is 0 Å². The molecule has 0 bridgehead atoms. The number of rotatable bonds is 5. The molecule has 6 nitrogen and oxygen atoms in total. The Labute approximate surface area is 166 Å². The number of benzene rings is 1. The Morgan fingerprint density at radius 2 is 1.89 bits per heavy atom. The molecular formula is C18H19NO5S3. The van der Waals surface area contributed by atoms with E-state index in [9.17, 15) is 23.1 Å². The highest BCUT2D eigenvalue weighted by atomic mass is 32.2. The number of carbonyl (C=O) groups is 2. The highest BCUT2D eigenvalue weighted by Gasteiger charge is 2.48. The highest BCUT2D eigenvalue weighted by molar-refractivity contribution is 8.00. The molecular weight excluding hydrogens is 406 g/mol. The van der Waals surface area contributed by atoms with Crippen LogP contribution in [0.25, 0.3) is 10.4 Å². The van der Waals surface area contributed by atoms with Gasteiger partial charge in [-0.25, -0.2) is 8.42 Å². The van der Waals surface area contributed by atoms with E-state index >= 15 is 0 Å². The number of aldehydes is 1. The van der Waals surface area contributed by atoms with Gasteiger partial charge in [0.05, 0.1) is 9.77 Å². The zero-order valence-electron chi connectivity index (χ0n) is 14.8. The molecule has 1 aromatic carbocycles. The van der Waals surface area contributed by atoms with Crippen molar-refractivity contribution in [1.29, 1.82) is 0 Å². The Kier molecular flexibility index (Phi) is 5.49. The number of carboxylic acids is 1. The molecule has 1 saturated heterocycles. The average Bonchev–Trinajstić information content (AvgIpc) is 3.09. The molecule has 27 heavy (non-hydrogen) atoms. The van der Waals surface area contributed by atoms with Crippen LogP contribution in [0.2, 0.25) is 0 Å². The molecule has 1 unspecified atom stereocenters. The van der Waals surface area contributed by atoms with Crippen LogP contribution in [0.3, 0.4) is 0 Å². The van der Waals surface area contributed by atoms with E-state index in [1.807, 2.05) is 6.07 Å². The van der Waals surface area contributed by atoms with Gasteiger partial charge < -0.3 is 5.11 Å². The summed E-state index contributed by atoms with van der Waals surface area (Å²) < 4.78 is 26.6. The number of thioether (sulfide) groups is 1. The van der Waals surface area contributed by atoms with Gasteiger partial charge in [-0.1, -0.05) is 12.1 Å². The zero-order valence-corrected chi connectivity index (χ0v) is 17.2. The van der Waals surface area contributed by atoms with E-state index < -0.39 is 26.8 Å². The molecule has 1 fully saturated rings.